The van der Waals surface area contributed by atoms with Gasteiger partial charge in [0.1, 0.15) is 5.82 Å². The number of anilines is 1. The fourth-order valence-electron chi connectivity index (χ4n) is 3.21. The summed E-state index contributed by atoms with van der Waals surface area (Å²) in [6.07, 6.45) is 2.83. The maximum atomic E-state index is 4.59. The van der Waals surface area contributed by atoms with E-state index in [0.717, 1.165) is 31.4 Å². The first-order chi connectivity index (χ1) is 9.20. The molecule has 1 aromatic rings. The standard InChI is InChI=1S/C14H25N5/c1-11-13(10-15-2)14(17(3)16-11)19-8-6-18(7-9-19)12-4-5-12/h12,15H,4-10H2,1-3H3. The zero-order valence-corrected chi connectivity index (χ0v) is 12.3. The number of aryl methyl sites for hydroxylation is 2. The number of hydrogen-bond donors (Lipinski definition) is 1. The molecule has 2 fully saturated rings. The summed E-state index contributed by atoms with van der Waals surface area (Å²) in [5, 5.41) is 7.86. The number of aromatic nitrogens is 2. The van der Waals surface area contributed by atoms with E-state index in [-0.39, 0.29) is 0 Å². The second-order valence-corrected chi connectivity index (χ2v) is 5.80. The van der Waals surface area contributed by atoms with Crippen molar-refractivity contribution in [2.45, 2.75) is 32.4 Å². The molecule has 3 rings (SSSR count). The maximum absolute atomic E-state index is 4.59. The summed E-state index contributed by atoms with van der Waals surface area (Å²) in [5.74, 6) is 1.31. The minimum atomic E-state index is 0.896. The molecule has 1 saturated carbocycles. The monoisotopic (exact) mass is 263 g/mol. The molecule has 0 unspecified atom stereocenters. The smallest absolute Gasteiger partial charge is 0.131 e. The largest absolute Gasteiger partial charge is 0.354 e. The van der Waals surface area contributed by atoms with Crippen LogP contribution in [-0.2, 0) is 13.6 Å². The number of rotatable bonds is 4. The topological polar surface area (TPSA) is 36.3 Å². The molecule has 5 heteroatoms. The van der Waals surface area contributed by atoms with Gasteiger partial charge in [0.25, 0.3) is 0 Å². The number of hydrogen-bond acceptors (Lipinski definition) is 4. The van der Waals surface area contributed by atoms with Crippen molar-refractivity contribution in [3.63, 3.8) is 0 Å². The van der Waals surface area contributed by atoms with Crippen molar-refractivity contribution in [3.8, 4) is 0 Å². The molecule has 1 aromatic heterocycles. The van der Waals surface area contributed by atoms with Crippen LogP contribution in [0.4, 0.5) is 5.82 Å². The maximum Gasteiger partial charge on any atom is 0.131 e. The first-order valence-electron chi connectivity index (χ1n) is 7.36. The Kier molecular flexibility index (Phi) is 3.50. The van der Waals surface area contributed by atoms with Gasteiger partial charge in [-0.25, -0.2) is 0 Å². The Morgan fingerprint density at radius 2 is 1.89 bits per heavy atom. The molecule has 0 aromatic carbocycles. The number of piperazine rings is 1. The van der Waals surface area contributed by atoms with E-state index >= 15 is 0 Å². The van der Waals surface area contributed by atoms with Gasteiger partial charge in [-0.1, -0.05) is 0 Å². The van der Waals surface area contributed by atoms with Crippen LogP contribution in [0, 0.1) is 6.92 Å². The molecule has 5 nitrogen and oxygen atoms in total. The summed E-state index contributed by atoms with van der Waals surface area (Å²) in [4.78, 5) is 5.16. The average molecular weight is 263 g/mol. The highest BCUT2D eigenvalue weighted by atomic mass is 15.4. The number of nitrogens with one attached hydrogen (secondary N) is 1. The lowest BCUT2D eigenvalue weighted by atomic mass is 10.2. The summed E-state index contributed by atoms with van der Waals surface area (Å²) < 4.78 is 2.05. The van der Waals surface area contributed by atoms with Crippen molar-refractivity contribution in [1.29, 1.82) is 0 Å². The average Bonchev–Trinajstić information content (AvgIpc) is 3.19. The third-order valence-corrected chi connectivity index (χ3v) is 4.34. The van der Waals surface area contributed by atoms with Crippen LogP contribution in [0.15, 0.2) is 0 Å². The van der Waals surface area contributed by atoms with E-state index in [4.69, 9.17) is 0 Å². The van der Waals surface area contributed by atoms with E-state index in [1.54, 1.807) is 0 Å². The van der Waals surface area contributed by atoms with Crippen LogP contribution in [0.5, 0.6) is 0 Å². The molecule has 1 aliphatic carbocycles. The Bertz CT molecular complexity index is 441. The van der Waals surface area contributed by atoms with Gasteiger partial charge in [-0.05, 0) is 26.8 Å². The van der Waals surface area contributed by atoms with Crippen LogP contribution in [0.2, 0.25) is 0 Å². The predicted molar refractivity (Wildman–Crippen MR) is 77.5 cm³/mol. The van der Waals surface area contributed by atoms with Crippen LogP contribution < -0.4 is 10.2 Å². The highest BCUT2D eigenvalue weighted by molar-refractivity contribution is 5.50. The molecule has 0 spiro atoms. The zero-order chi connectivity index (χ0) is 13.4. The van der Waals surface area contributed by atoms with Crippen molar-refractivity contribution < 1.29 is 0 Å². The SMILES string of the molecule is CNCc1c(C)nn(C)c1N1CCN(C2CC2)CC1. The van der Waals surface area contributed by atoms with Crippen LogP contribution in [0.3, 0.4) is 0 Å². The van der Waals surface area contributed by atoms with Gasteiger partial charge in [0.2, 0.25) is 0 Å². The second-order valence-electron chi connectivity index (χ2n) is 5.80. The lowest BCUT2D eigenvalue weighted by Crippen LogP contribution is -2.48. The van der Waals surface area contributed by atoms with E-state index in [0.29, 0.717) is 0 Å². The Balaban J connectivity index is 1.74. The lowest BCUT2D eigenvalue weighted by molar-refractivity contribution is 0.247. The summed E-state index contributed by atoms with van der Waals surface area (Å²) >= 11 is 0. The van der Waals surface area contributed by atoms with E-state index in [1.165, 1.54) is 37.3 Å². The van der Waals surface area contributed by atoms with Crippen LogP contribution >= 0.6 is 0 Å². The highest BCUT2D eigenvalue weighted by Gasteiger charge is 2.32. The molecule has 0 radical (unpaired) electrons. The number of nitrogens with zero attached hydrogens (tertiary/aromatic N) is 4. The van der Waals surface area contributed by atoms with Crippen LogP contribution in [0.25, 0.3) is 0 Å². The Morgan fingerprint density at radius 3 is 2.47 bits per heavy atom. The van der Waals surface area contributed by atoms with Gasteiger partial charge in [0.15, 0.2) is 0 Å². The molecule has 2 heterocycles. The van der Waals surface area contributed by atoms with E-state index < -0.39 is 0 Å². The minimum Gasteiger partial charge on any atom is -0.354 e. The molecule has 1 N–H and O–H groups in total. The summed E-state index contributed by atoms with van der Waals surface area (Å²) in [6.45, 7) is 7.68. The van der Waals surface area contributed by atoms with Gasteiger partial charge in [0, 0.05) is 51.4 Å². The molecule has 0 atom stereocenters. The highest BCUT2D eigenvalue weighted by Crippen LogP contribution is 2.29. The van der Waals surface area contributed by atoms with Crippen LogP contribution in [0.1, 0.15) is 24.1 Å². The van der Waals surface area contributed by atoms with Gasteiger partial charge in [-0.15, -0.1) is 0 Å². The van der Waals surface area contributed by atoms with E-state index in [1.807, 2.05) is 7.05 Å². The first kappa shape index (κ1) is 12.9. The van der Waals surface area contributed by atoms with Crippen molar-refractivity contribution in [1.82, 2.24) is 20.0 Å². The van der Waals surface area contributed by atoms with Crippen molar-refractivity contribution in [3.05, 3.63) is 11.3 Å². The molecule has 19 heavy (non-hydrogen) atoms. The molecule has 106 valence electrons. The molecule has 0 amide bonds. The third-order valence-electron chi connectivity index (χ3n) is 4.34. The van der Waals surface area contributed by atoms with Crippen molar-refractivity contribution in [2.24, 2.45) is 7.05 Å². The molecule has 0 bridgehead atoms. The van der Waals surface area contributed by atoms with E-state index in [9.17, 15) is 0 Å². The van der Waals surface area contributed by atoms with Gasteiger partial charge in [0.05, 0.1) is 5.69 Å². The van der Waals surface area contributed by atoms with Crippen LogP contribution in [-0.4, -0.2) is 53.9 Å². The Labute approximate surface area is 115 Å². The lowest BCUT2D eigenvalue weighted by Gasteiger charge is -2.36. The minimum absolute atomic E-state index is 0.896. The first-order valence-corrected chi connectivity index (χ1v) is 7.36. The van der Waals surface area contributed by atoms with Gasteiger partial charge >= 0.3 is 0 Å². The third kappa shape index (κ3) is 2.49. The molecule has 1 aliphatic heterocycles. The van der Waals surface area contributed by atoms with E-state index in [2.05, 4.69) is 38.9 Å². The normalized spacial score (nSPS) is 21.1. The van der Waals surface area contributed by atoms with Gasteiger partial charge < -0.3 is 10.2 Å². The second kappa shape index (κ2) is 5.13. The predicted octanol–water partition coefficient (Wildman–Crippen LogP) is 0.732. The summed E-state index contributed by atoms with van der Waals surface area (Å²) in [7, 11) is 4.07. The molecular weight excluding hydrogens is 238 g/mol. The fraction of sp³-hybridized carbons (Fsp3) is 0.786. The molecular formula is C14H25N5. The summed E-state index contributed by atoms with van der Waals surface area (Å²) in [6, 6.07) is 0.896. The van der Waals surface area contributed by atoms with Gasteiger partial charge in [-0.2, -0.15) is 5.10 Å². The van der Waals surface area contributed by atoms with Crippen molar-refractivity contribution >= 4 is 5.82 Å². The summed E-state index contributed by atoms with van der Waals surface area (Å²) in [5.41, 5.74) is 2.50. The van der Waals surface area contributed by atoms with Gasteiger partial charge in [-0.3, -0.25) is 9.58 Å². The quantitative estimate of drug-likeness (QED) is 0.869. The Hall–Kier alpha value is -1.07. The van der Waals surface area contributed by atoms with Crippen molar-refractivity contribution in [2.75, 3.05) is 38.1 Å². The zero-order valence-electron chi connectivity index (χ0n) is 12.3. The molecule has 2 aliphatic rings. The Morgan fingerprint density at radius 1 is 1.21 bits per heavy atom. The molecule has 1 saturated heterocycles. The fourth-order valence-corrected chi connectivity index (χ4v) is 3.21.